The Morgan fingerprint density at radius 1 is 1.08 bits per heavy atom. The van der Waals surface area contributed by atoms with Crippen molar-refractivity contribution in [3.8, 4) is 17.2 Å². The smallest absolute Gasteiger partial charge is 0.296 e. The maximum absolute atomic E-state index is 13.4. The average molecular weight is 524 g/mol. The second kappa shape index (κ2) is 10.8. The zero-order valence-corrected chi connectivity index (χ0v) is 22.6. The van der Waals surface area contributed by atoms with Crippen LogP contribution in [0.25, 0.3) is 11.8 Å². The van der Waals surface area contributed by atoms with E-state index in [9.17, 15) is 9.59 Å². The highest BCUT2D eigenvalue weighted by Gasteiger charge is 2.37. The lowest BCUT2D eigenvalue weighted by molar-refractivity contribution is -0.113. The zero-order chi connectivity index (χ0) is 26.0. The third-order valence-corrected chi connectivity index (χ3v) is 7.28. The molecule has 188 valence electrons. The van der Waals surface area contributed by atoms with E-state index < -0.39 is 0 Å². The van der Waals surface area contributed by atoms with Crippen molar-refractivity contribution < 1.29 is 14.3 Å². The van der Waals surface area contributed by atoms with Crippen LogP contribution in [-0.4, -0.2) is 33.3 Å². The molecule has 1 amide bonds. The fourth-order valence-electron chi connectivity index (χ4n) is 3.92. The molecule has 0 atom stereocenters. The van der Waals surface area contributed by atoms with E-state index in [-0.39, 0.29) is 17.2 Å². The van der Waals surface area contributed by atoms with Gasteiger partial charge in [0.2, 0.25) is 0 Å². The summed E-state index contributed by atoms with van der Waals surface area (Å²) in [5.74, 6) is 1.46. The predicted molar refractivity (Wildman–Crippen MR) is 149 cm³/mol. The monoisotopic (exact) mass is 523 g/mol. The van der Waals surface area contributed by atoms with Crippen LogP contribution in [0.4, 0.5) is 5.69 Å². The quantitative estimate of drug-likeness (QED) is 0.294. The van der Waals surface area contributed by atoms with Crippen LogP contribution in [0.3, 0.4) is 0 Å². The number of carbonyl (C=O) groups excluding carboxylic acids is 1. The van der Waals surface area contributed by atoms with Gasteiger partial charge >= 0.3 is 0 Å². The van der Waals surface area contributed by atoms with Gasteiger partial charge in [-0.1, -0.05) is 62.1 Å². The molecule has 2 aromatic carbocycles. The molecule has 9 heteroatoms. The number of benzene rings is 2. The molecule has 0 bridgehead atoms. The Balaban J connectivity index is 1.64. The predicted octanol–water partition coefficient (Wildman–Crippen LogP) is 5.32. The number of thiocarbonyl (C=S) groups is 1. The summed E-state index contributed by atoms with van der Waals surface area (Å²) < 4.78 is 15.0. The van der Waals surface area contributed by atoms with Gasteiger partial charge in [0, 0.05) is 7.05 Å². The minimum atomic E-state index is -0.327. The number of nitrogens with zero attached hydrogens (tertiary/aromatic N) is 3. The molecule has 36 heavy (non-hydrogen) atoms. The first kappa shape index (κ1) is 25.8. The fourth-order valence-corrected chi connectivity index (χ4v) is 5.19. The number of thioether (sulfide) groups is 1. The molecule has 0 aliphatic carbocycles. The molecule has 1 aliphatic rings. The van der Waals surface area contributed by atoms with Gasteiger partial charge < -0.3 is 9.47 Å². The van der Waals surface area contributed by atoms with Crippen LogP contribution in [0.2, 0.25) is 0 Å². The summed E-state index contributed by atoms with van der Waals surface area (Å²) in [6.07, 6.45) is 2.70. The van der Waals surface area contributed by atoms with Crippen LogP contribution < -0.4 is 19.9 Å². The Hall–Kier alpha value is -3.30. The summed E-state index contributed by atoms with van der Waals surface area (Å²) in [5.41, 5.74) is 2.09. The first-order valence-corrected chi connectivity index (χ1v) is 12.9. The van der Waals surface area contributed by atoms with E-state index in [1.807, 2.05) is 48.5 Å². The highest BCUT2D eigenvalue weighted by molar-refractivity contribution is 8.27. The van der Waals surface area contributed by atoms with Gasteiger partial charge in [0.15, 0.2) is 15.8 Å². The van der Waals surface area contributed by atoms with Gasteiger partial charge in [-0.05, 0) is 55.2 Å². The number of para-hydroxylation sites is 1. The minimum Gasteiger partial charge on any atom is -0.493 e. The molecule has 1 saturated heterocycles. The van der Waals surface area contributed by atoms with Gasteiger partial charge in [0.05, 0.1) is 30.0 Å². The van der Waals surface area contributed by atoms with Crippen LogP contribution >= 0.6 is 24.0 Å². The highest BCUT2D eigenvalue weighted by atomic mass is 32.2. The van der Waals surface area contributed by atoms with Gasteiger partial charge in [-0.25, -0.2) is 4.68 Å². The first-order valence-electron chi connectivity index (χ1n) is 11.7. The molecule has 0 N–H and O–H groups in total. The zero-order valence-electron chi connectivity index (χ0n) is 21.0. The van der Waals surface area contributed by atoms with E-state index in [4.69, 9.17) is 21.7 Å². The topological polar surface area (TPSA) is 65.7 Å². The number of hydrogen-bond acceptors (Lipinski definition) is 6. The molecule has 0 unspecified atom stereocenters. The summed E-state index contributed by atoms with van der Waals surface area (Å²) >= 11 is 6.72. The van der Waals surface area contributed by atoms with Crippen molar-refractivity contribution >= 4 is 46.0 Å². The molecule has 0 saturated carbocycles. The second-order valence-corrected chi connectivity index (χ2v) is 10.5. The maximum Gasteiger partial charge on any atom is 0.296 e. The summed E-state index contributed by atoms with van der Waals surface area (Å²) in [7, 11) is 3.38. The molecule has 0 radical (unpaired) electrons. The van der Waals surface area contributed by atoms with Crippen molar-refractivity contribution in [1.29, 1.82) is 0 Å². The molecule has 0 spiro atoms. The molecule has 2 heterocycles. The Morgan fingerprint density at radius 2 is 1.81 bits per heavy atom. The van der Waals surface area contributed by atoms with Gasteiger partial charge in [-0.15, -0.1) is 0 Å². The van der Waals surface area contributed by atoms with E-state index in [1.54, 1.807) is 31.8 Å². The molecule has 1 aromatic heterocycles. The molecule has 1 aliphatic heterocycles. The molecule has 3 aromatic rings. The van der Waals surface area contributed by atoms with Crippen molar-refractivity contribution in [3.05, 3.63) is 75.0 Å². The van der Waals surface area contributed by atoms with Crippen molar-refractivity contribution in [2.45, 2.75) is 27.2 Å². The van der Waals surface area contributed by atoms with Crippen molar-refractivity contribution in [3.63, 3.8) is 0 Å². The molecular weight excluding hydrogens is 494 g/mol. The molecular formula is C27H29N3O4S2. The lowest BCUT2D eigenvalue weighted by Crippen LogP contribution is -2.33. The number of rotatable bonds is 8. The Bertz CT molecular complexity index is 1390. The maximum atomic E-state index is 13.4. The second-order valence-electron chi connectivity index (χ2n) is 8.87. The Morgan fingerprint density at radius 3 is 2.47 bits per heavy atom. The van der Waals surface area contributed by atoms with Crippen molar-refractivity contribution in [2.75, 3.05) is 18.6 Å². The van der Waals surface area contributed by atoms with Crippen LogP contribution in [0.5, 0.6) is 11.5 Å². The standard InChI is InChI=1S/C27H29N3O4S2/c1-17(2)13-14-34-21-12-11-19(15-22(21)33-5)16-23-25(31)29(27(35)36-23)24-18(3)28(4)30(26(24)32)20-9-7-6-8-10-20/h6-12,15-17H,13-14H2,1-5H3/b23-16+. The Kier molecular flexibility index (Phi) is 7.70. The third-order valence-electron chi connectivity index (χ3n) is 5.98. The number of amides is 1. The summed E-state index contributed by atoms with van der Waals surface area (Å²) in [5, 5.41) is 0. The molecule has 1 fully saturated rings. The lowest BCUT2D eigenvalue weighted by atomic mass is 10.1. The van der Waals surface area contributed by atoms with Crippen molar-refractivity contribution in [2.24, 2.45) is 13.0 Å². The van der Waals surface area contributed by atoms with Crippen LogP contribution in [-0.2, 0) is 11.8 Å². The van der Waals surface area contributed by atoms with Crippen LogP contribution in [0, 0.1) is 12.8 Å². The fraction of sp³-hybridized carbons (Fsp3) is 0.296. The van der Waals surface area contributed by atoms with E-state index in [0.717, 1.165) is 12.0 Å². The first-order chi connectivity index (χ1) is 17.2. The number of carbonyl (C=O) groups is 1. The number of aromatic nitrogens is 2. The normalized spacial score (nSPS) is 14.8. The van der Waals surface area contributed by atoms with Crippen molar-refractivity contribution in [1.82, 2.24) is 9.36 Å². The third kappa shape index (κ3) is 4.99. The van der Waals surface area contributed by atoms with E-state index in [2.05, 4.69) is 13.8 Å². The SMILES string of the molecule is COc1cc(/C=C2/SC(=S)N(c3c(C)n(C)n(-c4ccccc4)c3=O)C2=O)ccc1OCCC(C)C. The van der Waals surface area contributed by atoms with Gasteiger partial charge in [0.1, 0.15) is 5.69 Å². The van der Waals surface area contributed by atoms with Crippen LogP contribution in [0.15, 0.2) is 58.2 Å². The highest BCUT2D eigenvalue weighted by Crippen LogP contribution is 2.37. The van der Waals surface area contributed by atoms with E-state index in [0.29, 0.717) is 44.6 Å². The number of ether oxygens (including phenoxy) is 2. The number of hydrogen-bond donors (Lipinski definition) is 0. The molecule has 7 nitrogen and oxygen atoms in total. The average Bonchev–Trinajstić information content (AvgIpc) is 3.24. The largest absolute Gasteiger partial charge is 0.493 e. The Labute approximate surface area is 220 Å². The number of methoxy groups -OCH3 is 1. The number of anilines is 1. The van der Waals surface area contributed by atoms with Crippen LogP contribution in [0.1, 0.15) is 31.5 Å². The van der Waals surface area contributed by atoms with E-state index >= 15 is 0 Å². The van der Waals surface area contributed by atoms with Gasteiger partial charge in [-0.2, -0.15) is 0 Å². The lowest BCUT2D eigenvalue weighted by Gasteiger charge is -2.13. The summed E-state index contributed by atoms with van der Waals surface area (Å²) in [4.78, 5) is 28.6. The van der Waals surface area contributed by atoms with E-state index in [1.165, 1.54) is 21.3 Å². The van der Waals surface area contributed by atoms with Gasteiger partial charge in [-0.3, -0.25) is 19.2 Å². The summed E-state index contributed by atoms with van der Waals surface area (Å²) in [6, 6.07) is 14.8. The van der Waals surface area contributed by atoms with Gasteiger partial charge in [0.25, 0.3) is 11.5 Å². The molecule has 4 rings (SSSR count). The minimum absolute atomic E-state index is 0.263. The summed E-state index contributed by atoms with van der Waals surface area (Å²) in [6.45, 7) is 6.70.